The molecule has 0 unspecified atom stereocenters. The van der Waals surface area contributed by atoms with Crippen LogP contribution in [0.3, 0.4) is 0 Å². The molecule has 2 heterocycles. The molecule has 0 bridgehead atoms. The molecule has 5 nitrogen and oxygen atoms in total. The molecule has 0 radical (unpaired) electrons. The molecule has 0 atom stereocenters. The third-order valence-corrected chi connectivity index (χ3v) is 3.55. The highest BCUT2D eigenvalue weighted by Gasteiger charge is 2.24. The summed E-state index contributed by atoms with van der Waals surface area (Å²) in [6.07, 6.45) is 3.49. The molecular formula is C17H15F2N3O2. The zero-order valence-corrected chi connectivity index (χ0v) is 13.2. The minimum atomic E-state index is -0.777. The molecule has 0 fully saturated rings. The van der Waals surface area contributed by atoms with Crippen LogP contribution in [0.15, 0.2) is 42.7 Å². The Morgan fingerprint density at radius 2 is 1.96 bits per heavy atom. The van der Waals surface area contributed by atoms with Gasteiger partial charge < -0.3 is 9.30 Å². The fraction of sp³-hybridized carbons (Fsp3) is 0.176. The molecule has 1 aromatic carbocycles. The van der Waals surface area contributed by atoms with E-state index in [1.165, 1.54) is 10.7 Å². The number of nitrogens with zero attached hydrogens (tertiary/aromatic N) is 3. The van der Waals surface area contributed by atoms with Crippen molar-refractivity contribution in [2.75, 3.05) is 6.61 Å². The molecule has 0 aliphatic carbocycles. The van der Waals surface area contributed by atoms with Crippen molar-refractivity contribution < 1.29 is 18.3 Å². The quantitative estimate of drug-likeness (QED) is 0.688. The van der Waals surface area contributed by atoms with Gasteiger partial charge in [-0.15, -0.1) is 0 Å². The highest BCUT2D eigenvalue weighted by Crippen LogP contribution is 2.25. The summed E-state index contributed by atoms with van der Waals surface area (Å²) in [5, 5.41) is 4.20. The number of esters is 1. The van der Waals surface area contributed by atoms with Crippen molar-refractivity contribution in [1.82, 2.24) is 14.3 Å². The van der Waals surface area contributed by atoms with Crippen LogP contribution in [0.2, 0.25) is 0 Å². The van der Waals surface area contributed by atoms with Gasteiger partial charge in [-0.3, -0.25) is 0 Å². The average Bonchev–Trinajstić information content (AvgIpc) is 3.15. The van der Waals surface area contributed by atoms with Crippen LogP contribution >= 0.6 is 0 Å². The number of carbonyl (C=O) groups excluding carboxylic acids is 1. The molecule has 24 heavy (non-hydrogen) atoms. The minimum absolute atomic E-state index is 0.0405. The molecule has 0 spiro atoms. The third kappa shape index (κ3) is 2.68. The summed E-state index contributed by atoms with van der Waals surface area (Å²) in [4.78, 5) is 12.1. The Balaban J connectivity index is 2.24. The molecule has 0 saturated carbocycles. The molecule has 0 N–H and O–H groups in total. The van der Waals surface area contributed by atoms with Gasteiger partial charge in [-0.05, 0) is 38.1 Å². The fourth-order valence-corrected chi connectivity index (χ4v) is 2.48. The number of halogens is 2. The Kier molecular flexibility index (Phi) is 4.16. The first kappa shape index (κ1) is 15.9. The number of hydrogen-bond donors (Lipinski definition) is 0. The van der Waals surface area contributed by atoms with Gasteiger partial charge in [0.05, 0.1) is 6.61 Å². The van der Waals surface area contributed by atoms with Crippen LogP contribution in [0.5, 0.6) is 0 Å². The maximum absolute atomic E-state index is 14.2. The van der Waals surface area contributed by atoms with E-state index in [1.54, 1.807) is 42.9 Å². The molecule has 0 saturated heterocycles. The van der Waals surface area contributed by atoms with E-state index in [4.69, 9.17) is 4.74 Å². The van der Waals surface area contributed by atoms with Gasteiger partial charge in [0.1, 0.15) is 17.3 Å². The van der Waals surface area contributed by atoms with E-state index >= 15 is 0 Å². The molecule has 0 aliphatic heterocycles. The maximum Gasteiger partial charge on any atom is 0.359 e. The number of rotatable bonds is 4. The molecule has 124 valence electrons. The Bertz CT molecular complexity index is 886. The number of aromatic nitrogens is 3. The van der Waals surface area contributed by atoms with Gasteiger partial charge in [-0.1, -0.05) is 0 Å². The monoisotopic (exact) mass is 331 g/mol. The van der Waals surface area contributed by atoms with Crippen molar-refractivity contribution in [2.24, 2.45) is 0 Å². The molecule has 0 aliphatic rings. The van der Waals surface area contributed by atoms with Crippen molar-refractivity contribution in [2.45, 2.75) is 13.8 Å². The molecule has 7 heteroatoms. The lowest BCUT2D eigenvalue weighted by atomic mass is 10.2. The summed E-state index contributed by atoms with van der Waals surface area (Å²) < 4.78 is 35.4. The predicted molar refractivity (Wildman–Crippen MR) is 83.5 cm³/mol. The summed E-state index contributed by atoms with van der Waals surface area (Å²) in [5.74, 6) is -1.58. The van der Waals surface area contributed by atoms with Gasteiger partial charge in [0.25, 0.3) is 0 Å². The molecule has 2 aromatic heterocycles. The summed E-state index contributed by atoms with van der Waals surface area (Å²) >= 11 is 0. The number of hydrogen-bond acceptors (Lipinski definition) is 3. The van der Waals surface area contributed by atoms with Crippen LogP contribution in [0.4, 0.5) is 8.78 Å². The van der Waals surface area contributed by atoms with E-state index in [2.05, 4.69) is 5.10 Å². The van der Waals surface area contributed by atoms with E-state index in [1.807, 2.05) is 0 Å². The fourth-order valence-electron chi connectivity index (χ4n) is 2.48. The van der Waals surface area contributed by atoms with E-state index < -0.39 is 17.6 Å². The van der Waals surface area contributed by atoms with E-state index in [0.717, 1.165) is 12.1 Å². The lowest BCUT2D eigenvalue weighted by Gasteiger charge is -2.10. The Labute approximate surface area is 137 Å². The van der Waals surface area contributed by atoms with Crippen molar-refractivity contribution in [3.8, 4) is 11.5 Å². The van der Waals surface area contributed by atoms with Crippen LogP contribution in [0.1, 0.15) is 23.0 Å². The lowest BCUT2D eigenvalue weighted by molar-refractivity contribution is 0.0518. The van der Waals surface area contributed by atoms with Crippen LogP contribution in [-0.4, -0.2) is 26.9 Å². The third-order valence-electron chi connectivity index (χ3n) is 3.55. The van der Waals surface area contributed by atoms with Gasteiger partial charge in [-0.25, -0.2) is 18.3 Å². The molecule has 3 rings (SSSR count). The summed E-state index contributed by atoms with van der Waals surface area (Å²) in [7, 11) is 0. The minimum Gasteiger partial charge on any atom is -0.461 e. The smallest absolute Gasteiger partial charge is 0.359 e. The van der Waals surface area contributed by atoms with Gasteiger partial charge in [0.2, 0.25) is 0 Å². The first-order valence-corrected chi connectivity index (χ1v) is 7.38. The Hall–Kier alpha value is -2.96. The second kappa shape index (κ2) is 6.27. The highest BCUT2D eigenvalue weighted by molar-refractivity contribution is 5.90. The second-order valence-corrected chi connectivity index (χ2v) is 5.12. The van der Waals surface area contributed by atoms with E-state index in [0.29, 0.717) is 11.4 Å². The standard InChI is InChI=1S/C17H15F2N3O2/c1-3-24-17(23)15-11(2)16(21-8-4-5-9-21)22(20-15)14-7-6-12(18)10-13(14)19/h4-10H,3H2,1-2H3. The van der Waals surface area contributed by atoms with Gasteiger partial charge in [0.15, 0.2) is 11.5 Å². The summed E-state index contributed by atoms with van der Waals surface area (Å²) in [5.41, 5.74) is 0.663. The summed E-state index contributed by atoms with van der Waals surface area (Å²) in [6, 6.07) is 6.78. The zero-order valence-electron chi connectivity index (χ0n) is 13.2. The number of benzene rings is 1. The van der Waals surface area contributed by atoms with Crippen molar-refractivity contribution >= 4 is 5.97 Å². The predicted octanol–water partition coefficient (Wildman–Crippen LogP) is 3.43. The first-order chi connectivity index (χ1) is 11.5. The largest absolute Gasteiger partial charge is 0.461 e. The van der Waals surface area contributed by atoms with Gasteiger partial charge in [0, 0.05) is 24.0 Å². The van der Waals surface area contributed by atoms with Crippen LogP contribution < -0.4 is 0 Å². The average molecular weight is 331 g/mol. The number of carbonyl (C=O) groups is 1. The van der Waals surface area contributed by atoms with E-state index in [9.17, 15) is 13.6 Å². The van der Waals surface area contributed by atoms with Crippen molar-refractivity contribution in [3.63, 3.8) is 0 Å². The molecule has 3 aromatic rings. The zero-order chi connectivity index (χ0) is 17.3. The Morgan fingerprint density at radius 1 is 1.25 bits per heavy atom. The van der Waals surface area contributed by atoms with Gasteiger partial charge in [-0.2, -0.15) is 5.10 Å². The van der Waals surface area contributed by atoms with Gasteiger partial charge >= 0.3 is 5.97 Å². The highest BCUT2D eigenvalue weighted by atomic mass is 19.1. The Morgan fingerprint density at radius 3 is 2.58 bits per heavy atom. The second-order valence-electron chi connectivity index (χ2n) is 5.12. The van der Waals surface area contributed by atoms with E-state index in [-0.39, 0.29) is 18.0 Å². The van der Waals surface area contributed by atoms with Crippen molar-refractivity contribution in [3.05, 3.63) is 65.6 Å². The van der Waals surface area contributed by atoms with Crippen LogP contribution in [0.25, 0.3) is 11.5 Å². The molecular weight excluding hydrogens is 316 g/mol. The normalized spacial score (nSPS) is 10.8. The lowest BCUT2D eigenvalue weighted by Crippen LogP contribution is -2.08. The van der Waals surface area contributed by atoms with Crippen molar-refractivity contribution in [1.29, 1.82) is 0 Å². The topological polar surface area (TPSA) is 49.0 Å². The summed E-state index contributed by atoms with van der Waals surface area (Å²) in [6.45, 7) is 3.60. The molecule has 0 amide bonds. The number of ether oxygens (including phenoxy) is 1. The van der Waals surface area contributed by atoms with Crippen LogP contribution in [-0.2, 0) is 4.74 Å². The maximum atomic E-state index is 14.2. The SMILES string of the molecule is CCOC(=O)c1nn(-c2ccc(F)cc2F)c(-n2cccc2)c1C. The van der Waals surface area contributed by atoms with Crippen LogP contribution in [0, 0.1) is 18.6 Å². The first-order valence-electron chi connectivity index (χ1n) is 7.38.